The van der Waals surface area contributed by atoms with Crippen molar-refractivity contribution in [1.82, 2.24) is 0 Å². The summed E-state index contributed by atoms with van der Waals surface area (Å²) in [5.74, 6) is -0.0353. The van der Waals surface area contributed by atoms with Gasteiger partial charge >= 0.3 is 0 Å². The topological polar surface area (TPSA) is 52.3 Å². The highest BCUT2D eigenvalue weighted by molar-refractivity contribution is 5.81. The first kappa shape index (κ1) is 7.59. The van der Waals surface area contributed by atoms with Crippen molar-refractivity contribution < 1.29 is 9.53 Å². The standard InChI is InChI=1S/C5H11NO2/c1-4(7)5(6)3-8-2/h5H,3,6H2,1-2H3. The van der Waals surface area contributed by atoms with Gasteiger partial charge in [0.25, 0.3) is 0 Å². The van der Waals surface area contributed by atoms with E-state index in [2.05, 4.69) is 4.74 Å². The van der Waals surface area contributed by atoms with E-state index in [-0.39, 0.29) is 5.78 Å². The van der Waals surface area contributed by atoms with Crippen molar-refractivity contribution in [2.75, 3.05) is 13.7 Å². The smallest absolute Gasteiger partial charge is 0.148 e. The third-order valence-corrected chi connectivity index (χ3v) is 0.868. The first-order chi connectivity index (χ1) is 3.68. The van der Waals surface area contributed by atoms with Gasteiger partial charge in [0, 0.05) is 7.11 Å². The molecule has 0 saturated carbocycles. The number of carbonyl (C=O) groups excluding carboxylic acids is 1. The highest BCUT2D eigenvalue weighted by atomic mass is 16.5. The van der Waals surface area contributed by atoms with E-state index < -0.39 is 6.04 Å². The number of nitrogens with two attached hydrogens (primary N) is 1. The Morgan fingerprint density at radius 2 is 2.38 bits per heavy atom. The van der Waals surface area contributed by atoms with Crippen LogP contribution in [0.5, 0.6) is 0 Å². The van der Waals surface area contributed by atoms with Crippen LogP contribution in [-0.2, 0) is 9.53 Å². The fourth-order valence-corrected chi connectivity index (χ4v) is 0.297. The Balaban J connectivity index is 3.32. The Kier molecular flexibility index (Phi) is 3.39. The lowest BCUT2D eigenvalue weighted by Gasteiger charge is -2.03. The summed E-state index contributed by atoms with van der Waals surface area (Å²) in [4.78, 5) is 10.3. The van der Waals surface area contributed by atoms with Crippen LogP contribution >= 0.6 is 0 Å². The molecule has 1 unspecified atom stereocenters. The van der Waals surface area contributed by atoms with E-state index in [4.69, 9.17) is 5.73 Å². The van der Waals surface area contributed by atoms with Gasteiger partial charge in [0.15, 0.2) is 0 Å². The molecule has 3 heteroatoms. The average molecular weight is 117 g/mol. The number of ether oxygens (including phenoxy) is 1. The number of rotatable bonds is 3. The number of hydrogen-bond donors (Lipinski definition) is 1. The number of hydrogen-bond acceptors (Lipinski definition) is 3. The molecule has 0 radical (unpaired) electrons. The Hall–Kier alpha value is -0.410. The summed E-state index contributed by atoms with van der Waals surface area (Å²) in [5, 5.41) is 0. The summed E-state index contributed by atoms with van der Waals surface area (Å²) in [6.07, 6.45) is 0. The van der Waals surface area contributed by atoms with E-state index in [1.54, 1.807) is 0 Å². The monoisotopic (exact) mass is 117 g/mol. The second-order valence-corrected chi connectivity index (χ2v) is 1.67. The zero-order chi connectivity index (χ0) is 6.57. The molecule has 0 fully saturated rings. The molecule has 0 spiro atoms. The Bertz CT molecular complexity index is 82.5. The van der Waals surface area contributed by atoms with Gasteiger partial charge in [0.1, 0.15) is 5.78 Å². The molecule has 0 heterocycles. The van der Waals surface area contributed by atoms with Crippen LogP contribution in [-0.4, -0.2) is 25.5 Å². The van der Waals surface area contributed by atoms with Gasteiger partial charge in [-0.3, -0.25) is 4.79 Å². The maximum Gasteiger partial charge on any atom is 0.148 e. The Morgan fingerprint density at radius 3 is 2.50 bits per heavy atom. The highest BCUT2D eigenvalue weighted by Gasteiger charge is 2.04. The minimum Gasteiger partial charge on any atom is -0.383 e. The maximum atomic E-state index is 10.3. The van der Waals surface area contributed by atoms with Gasteiger partial charge in [0.05, 0.1) is 12.6 Å². The molecule has 8 heavy (non-hydrogen) atoms. The van der Waals surface area contributed by atoms with Crippen LogP contribution in [0.4, 0.5) is 0 Å². The summed E-state index contributed by atoms with van der Waals surface area (Å²) in [6, 6.07) is -0.444. The molecule has 1 atom stereocenters. The molecule has 3 nitrogen and oxygen atoms in total. The lowest BCUT2D eigenvalue weighted by molar-refractivity contribution is -0.119. The molecule has 0 aromatic rings. The van der Waals surface area contributed by atoms with Crippen LogP contribution in [0.1, 0.15) is 6.92 Å². The second-order valence-electron chi connectivity index (χ2n) is 1.67. The molecule has 0 rings (SSSR count). The minimum absolute atomic E-state index is 0.0353. The van der Waals surface area contributed by atoms with Gasteiger partial charge in [-0.1, -0.05) is 0 Å². The molecular formula is C5H11NO2. The number of ketones is 1. The van der Waals surface area contributed by atoms with Crippen LogP contribution in [0.15, 0.2) is 0 Å². The van der Waals surface area contributed by atoms with E-state index in [1.165, 1.54) is 14.0 Å². The lowest BCUT2D eigenvalue weighted by atomic mass is 10.2. The van der Waals surface area contributed by atoms with Crippen molar-refractivity contribution in [2.45, 2.75) is 13.0 Å². The first-order valence-electron chi connectivity index (χ1n) is 2.43. The molecule has 0 bridgehead atoms. The van der Waals surface area contributed by atoms with Crippen LogP contribution in [0, 0.1) is 0 Å². The minimum atomic E-state index is -0.444. The van der Waals surface area contributed by atoms with E-state index >= 15 is 0 Å². The number of carbonyl (C=O) groups is 1. The predicted molar refractivity (Wildman–Crippen MR) is 30.5 cm³/mol. The van der Waals surface area contributed by atoms with Gasteiger partial charge in [-0.05, 0) is 6.92 Å². The summed E-state index contributed by atoms with van der Waals surface area (Å²) >= 11 is 0. The summed E-state index contributed by atoms with van der Waals surface area (Å²) in [7, 11) is 1.52. The van der Waals surface area contributed by atoms with Crippen molar-refractivity contribution in [2.24, 2.45) is 5.73 Å². The largest absolute Gasteiger partial charge is 0.383 e. The molecule has 0 aromatic carbocycles. The molecule has 0 aliphatic rings. The van der Waals surface area contributed by atoms with Crippen LogP contribution < -0.4 is 5.73 Å². The zero-order valence-electron chi connectivity index (χ0n) is 5.18. The fourth-order valence-electron chi connectivity index (χ4n) is 0.297. The highest BCUT2D eigenvalue weighted by Crippen LogP contribution is 1.79. The quantitative estimate of drug-likeness (QED) is 0.544. The second kappa shape index (κ2) is 3.57. The molecule has 2 N–H and O–H groups in total. The summed E-state index contributed by atoms with van der Waals surface area (Å²) < 4.78 is 4.62. The van der Waals surface area contributed by atoms with E-state index in [0.717, 1.165) is 0 Å². The van der Waals surface area contributed by atoms with Gasteiger partial charge in [0.2, 0.25) is 0 Å². The summed E-state index contributed by atoms with van der Waals surface area (Å²) in [5.41, 5.74) is 5.25. The molecular weight excluding hydrogens is 106 g/mol. The Labute approximate surface area is 48.8 Å². The third-order valence-electron chi connectivity index (χ3n) is 0.868. The Morgan fingerprint density at radius 1 is 1.88 bits per heavy atom. The molecule has 0 aliphatic heterocycles. The van der Waals surface area contributed by atoms with E-state index in [9.17, 15) is 4.79 Å². The van der Waals surface area contributed by atoms with Crippen molar-refractivity contribution >= 4 is 5.78 Å². The third kappa shape index (κ3) is 2.71. The van der Waals surface area contributed by atoms with Crippen molar-refractivity contribution in [3.05, 3.63) is 0 Å². The maximum absolute atomic E-state index is 10.3. The van der Waals surface area contributed by atoms with Gasteiger partial charge < -0.3 is 10.5 Å². The van der Waals surface area contributed by atoms with Gasteiger partial charge in [-0.25, -0.2) is 0 Å². The number of Topliss-reactive ketones (excluding diaryl/α,β-unsaturated/α-hetero) is 1. The first-order valence-corrected chi connectivity index (χ1v) is 2.43. The van der Waals surface area contributed by atoms with E-state index in [0.29, 0.717) is 6.61 Å². The SMILES string of the molecule is COCC(N)C(C)=O. The van der Waals surface area contributed by atoms with Crippen molar-refractivity contribution in [3.63, 3.8) is 0 Å². The van der Waals surface area contributed by atoms with Gasteiger partial charge in [-0.15, -0.1) is 0 Å². The van der Waals surface area contributed by atoms with Crippen molar-refractivity contribution in [1.29, 1.82) is 0 Å². The average Bonchev–Trinajstić information content (AvgIpc) is 1.67. The summed E-state index contributed by atoms with van der Waals surface area (Å²) in [6.45, 7) is 1.76. The molecule has 0 aliphatic carbocycles. The number of methoxy groups -OCH3 is 1. The van der Waals surface area contributed by atoms with Gasteiger partial charge in [-0.2, -0.15) is 0 Å². The fraction of sp³-hybridized carbons (Fsp3) is 0.800. The molecule has 0 amide bonds. The van der Waals surface area contributed by atoms with Crippen LogP contribution in [0.25, 0.3) is 0 Å². The lowest BCUT2D eigenvalue weighted by Crippen LogP contribution is -2.32. The molecule has 0 saturated heterocycles. The zero-order valence-corrected chi connectivity index (χ0v) is 5.18. The van der Waals surface area contributed by atoms with Crippen molar-refractivity contribution in [3.8, 4) is 0 Å². The molecule has 48 valence electrons. The molecule has 0 aromatic heterocycles. The van der Waals surface area contributed by atoms with Crippen LogP contribution in [0.3, 0.4) is 0 Å². The predicted octanol–water partition coefficient (Wildman–Crippen LogP) is -0.451. The normalized spacial score (nSPS) is 13.4. The van der Waals surface area contributed by atoms with Crippen LogP contribution in [0.2, 0.25) is 0 Å². The van der Waals surface area contributed by atoms with E-state index in [1.807, 2.05) is 0 Å².